The highest BCUT2D eigenvalue weighted by molar-refractivity contribution is 8.16. The summed E-state index contributed by atoms with van der Waals surface area (Å²) in [5.41, 5.74) is 0.151. The zero-order chi connectivity index (χ0) is 20.9. The summed E-state index contributed by atoms with van der Waals surface area (Å²) in [5, 5.41) is -0.229. The Morgan fingerprint density at radius 3 is 2.54 bits per heavy atom. The van der Waals surface area contributed by atoms with E-state index in [1.807, 2.05) is 26.8 Å². The second-order valence-electron chi connectivity index (χ2n) is 6.10. The Labute approximate surface area is 176 Å². The number of hydrogen-bond donors (Lipinski definition) is 0. The Hall–Kier alpha value is -1.31. The SMILES string of the molecule is CCCSC(=O)C(C)Sc1cc(Oc2ccc(C(F)(F)F)cc2Cl)ccc1C. The monoisotopic (exact) mass is 448 g/mol. The number of carbonyl (C=O) groups excluding carboxylic acids is 1. The van der Waals surface area contributed by atoms with Gasteiger partial charge in [-0.3, -0.25) is 4.79 Å². The fraction of sp³-hybridized carbons (Fsp3) is 0.350. The van der Waals surface area contributed by atoms with E-state index in [4.69, 9.17) is 16.3 Å². The molecule has 28 heavy (non-hydrogen) atoms. The zero-order valence-corrected chi connectivity index (χ0v) is 18.0. The standard InChI is InChI=1S/C20H20ClF3O2S2/c1-4-9-27-19(25)13(3)28-18-11-15(7-5-12(18)2)26-17-8-6-14(10-16(17)21)20(22,23)24/h5-8,10-11,13H,4,9H2,1-3H3. The number of rotatable bonds is 7. The fourth-order valence-corrected chi connectivity index (χ4v) is 4.34. The van der Waals surface area contributed by atoms with Gasteiger partial charge >= 0.3 is 6.18 Å². The summed E-state index contributed by atoms with van der Waals surface area (Å²) in [6, 6.07) is 8.29. The molecule has 8 heteroatoms. The van der Waals surface area contributed by atoms with Crippen molar-refractivity contribution in [2.75, 3.05) is 5.75 Å². The number of halogens is 4. The summed E-state index contributed by atoms with van der Waals surface area (Å²) < 4.78 is 43.9. The zero-order valence-electron chi connectivity index (χ0n) is 15.6. The molecule has 2 aromatic carbocycles. The van der Waals surface area contributed by atoms with Crippen LogP contribution in [0.25, 0.3) is 0 Å². The summed E-state index contributed by atoms with van der Waals surface area (Å²) >= 11 is 8.71. The van der Waals surface area contributed by atoms with Crippen LogP contribution in [0.1, 0.15) is 31.4 Å². The molecule has 2 rings (SSSR count). The van der Waals surface area contributed by atoms with Crippen LogP contribution < -0.4 is 4.74 Å². The highest BCUT2D eigenvalue weighted by Gasteiger charge is 2.31. The Bertz CT molecular complexity index is 841. The molecule has 2 aromatic rings. The van der Waals surface area contributed by atoms with E-state index < -0.39 is 11.7 Å². The number of aryl methyl sites for hydroxylation is 1. The molecule has 152 valence electrons. The lowest BCUT2D eigenvalue weighted by Crippen LogP contribution is -2.09. The maximum Gasteiger partial charge on any atom is 0.416 e. The molecule has 0 spiro atoms. The van der Waals surface area contributed by atoms with E-state index in [1.165, 1.54) is 29.6 Å². The van der Waals surface area contributed by atoms with Crippen molar-refractivity contribution in [3.05, 3.63) is 52.5 Å². The third-order valence-corrected chi connectivity index (χ3v) is 6.69. The van der Waals surface area contributed by atoms with E-state index in [1.54, 1.807) is 12.1 Å². The van der Waals surface area contributed by atoms with Crippen LogP contribution in [-0.2, 0) is 11.0 Å². The number of alkyl halides is 3. The lowest BCUT2D eigenvalue weighted by atomic mass is 10.2. The first-order chi connectivity index (χ1) is 13.1. The second-order valence-corrected chi connectivity index (χ2v) is 8.99. The van der Waals surface area contributed by atoms with Crippen molar-refractivity contribution in [2.24, 2.45) is 0 Å². The van der Waals surface area contributed by atoms with E-state index in [-0.39, 0.29) is 21.1 Å². The summed E-state index contributed by atoms with van der Waals surface area (Å²) in [5.74, 6) is 1.37. The summed E-state index contributed by atoms with van der Waals surface area (Å²) in [6.07, 6.45) is -3.53. The van der Waals surface area contributed by atoms with Gasteiger partial charge in [-0.25, -0.2) is 0 Å². The van der Waals surface area contributed by atoms with Crippen LogP contribution in [0.4, 0.5) is 13.2 Å². The minimum absolute atomic E-state index is 0.114. The van der Waals surface area contributed by atoms with Crippen molar-refractivity contribution >= 4 is 40.2 Å². The Morgan fingerprint density at radius 2 is 1.93 bits per heavy atom. The molecule has 2 nitrogen and oxygen atoms in total. The molecule has 0 aliphatic heterocycles. The summed E-state index contributed by atoms with van der Waals surface area (Å²) in [6.45, 7) is 5.80. The van der Waals surface area contributed by atoms with Crippen LogP contribution in [0.15, 0.2) is 41.3 Å². The van der Waals surface area contributed by atoms with Crippen molar-refractivity contribution in [2.45, 2.75) is 43.5 Å². The number of thioether (sulfide) groups is 2. The molecule has 0 saturated carbocycles. The molecule has 1 atom stereocenters. The van der Waals surface area contributed by atoms with E-state index in [2.05, 4.69) is 0 Å². The van der Waals surface area contributed by atoms with Crippen LogP contribution in [-0.4, -0.2) is 16.1 Å². The highest BCUT2D eigenvalue weighted by atomic mass is 35.5. The van der Waals surface area contributed by atoms with Gasteiger partial charge in [0.2, 0.25) is 5.12 Å². The summed E-state index contributed by atoms with van der Waals surface area (Å²) in [7, 11) is 0. The molecular formula is C20H20ClF3O2S2. The molecule has 0 bridgehead atoms. The third kappa shape index (κ3) is 6.36. The molecule has 0 amide bonds. The normalized spacial score (nSPS) is 12.7. The van der Waals surface area contributed by atoms with Gasteiger partial charge in [0.1, 0.15) is 11.5 Å². The lowest BCUT2D eigenvalue weighted by molar-refractivity contribution is -0.137. The first kappa shape index (κ1) is 23.0. The summed E-state index contributed by atoms with van der Waals surface area (Å²) in [4.78, 5) is 13.0. The predicted molar refractivity (Wildman–Crippen MR) is 111 cm³/mol. The maximum atomic E-state index is 12.8. The lowest BCUT2D eigenvalue weighted by Gasteiger charge is -2.14. The minimum Gasteiger partial charge on any atom is -0.456 e. The van der Waals surface area contributed by atoms with Crippen LogP contribution in [0.5, 0.6) is 11.5 Å². The number of ether oxygens (including phenoxy) is 1. The quantitative estimate of drug-likeness (QED) is 0.407. The minimum atomic E-state index is -4.46. The van der Waals surface area contributed by atoms with Crippen molar-refractivity contribution in [1.29, 1.82) is 0 Å². The van der Waals surface area contributed by atoms with Gasteiger partial charge in [-0.2, -0.15) is 13.2 Å². The average Bonchev–Trinajstić information content (AvgIpc) is 2.63. The largest absolute Gasteiger partial charge is 0.456 e. The van der Waals surface area contributed by atoms with Gasteiger partial charge in [0.25, 0.3) is 0 Å². The molecule has 0 saturated heterocycles. The van der Waals surface area contributed by atoms with Crippen molar-refractivity contribution < 1.29 is 22.7 Å². The van der Waals surface area contributed by atoms with Crippen LogP contribution in [0.3, 0.4) is 0 Å². The smallest absolute Gasteiger partial charge is 0.416 e. The molecule has 0 aromatic heterocycles. The Balaban J connectivity index is 2.16. The Morgan fingerprint density at radius 1 is 1.21 bits per heavy atom. The Kier molecular flexibility index (Phi) is 8.16. The average molecular weight is 449 g/mol. The molecule has 0 fully saturated rings. The molecule has 0 radical (unpaired) electrons. The van der Waals surface area contributed by atoms with Crippen molar-refractivity contribution in [3.63, 3.8) is 0 Å². The number of hydrogen-bond acceptors (Lipinski definition) is 4. The van der Waals surface area contributed by atoms with Crippen LogP contribution in [0, 0.1) is 6.92 Å². The van der Waals surface area contributed by atoms with E-state index >= 15 is 0 Å². The van der Waals surface area contributed by atoms with E-state index in [9.17, 15) is 18.0 Å². The first-order valence-corrected chi connectivity index (χ1v) is 10.8. The van der Waals surface area contributed by atoms with Gasteiger partial charge in [-0.05, 0) is 56.2 Å². The van der Waals surface area contributed by atoms with Gasteiger partial charge < -0.3 is 4.74 Å². The predicted octanol–water partition coefficient (Wildman–Crippen LogP) is 7.61. The van der Waals surface area contributed by atoms with Crippen LogP contribution in [0.2, 0.25) is 5.02 Å². The molecule has 1 unspecified atom stereocenters. The van der Waals surface area contributed by atoms with E-state index in [0.717, 1.165) is 34.8 Å². The van der Waals surface area contributed by atoms with Gasteiger partial charge in [0.15, 0.2) is 0 Å². The van der Waals surface area contributed by atoms with Gasteiger partial charge in [-0.15, -0.1) is 11.8 Å². The van der Waals surface area contributed by atoms with Gasteiger partial charge in [0, 0.05) is 10.6 Å². The fourth-order valence-electron chi connectivity index (χ4n) is 2.22. The molecule has 0 aliphatic carbocycles. The number of carbonyl (C=O) groups is 1. The molecule has 0 N–H and O–H groups in total. The molecule has 0 aliphatic rings. The van der Waals surface area contributed by atoms with Crippen molar-refractivity contribution in [1.82, 2.24) is 0 Å². The van der Waals surface area contributed by atoms with E-state index in [0.29, 0.717) is 5.75 Å². The molecule has 0 heterocycles. The van der Waals surface area contributed by atoms with Gasteiger partial charge in [0.05, 0.1) is 15.8 Å². The third-order valence-electron chi connectivity index (χ3n) is 3.73. The number of benzene rings is 2. The second kappa shape index (κ2) is 9.94. The highest BCUT2D eigenvalue weighted by Crippen LogP contribution is 2.38. The topological polar surface area (TPSA) is 26.3 Å². The van der Waals surface area contributed by atoms with Crippen molar-refractivity contribution in [3.8, 4) is 11.5 Å². The maximum absolute atomic E-state index is 12.8. The van der Waals surface area contributed by atoms with Gasteiger partial charge in [-0.1, -0.05) is 36.4 Å². The molecular weight excluding hydrogens is 429 g/mol. The first-order valence-electron chi connectivity index (χ1n) is 8.60. The van der Waals surface area contributed by atoms with Crippen LogP contribution >= 0.6 is 35.1 Å².